The van der Waals surface area contributed by atoms with Crippen LogP contribution in [0, 0.1) is 5.92 Å². The second-order valence-corrected chi connectivity index (χ2v) is 3.17. The number of nitrogens with one attached hydrogen (secondary N) is 2. The molecule has 2 nitrogen and oxygen atoms in total. The number of hydrogen-bond donors (Lipinski definition) is 2. The highest BCUT2D eigenvalue weighted by Gasteiger charge is 2.15. The summed E-state index contributed by atoms with van der Waals surface area (Å²) >= 11 is 0. The van der Waals surface area contributed by atoms with Crippen LogP contribution in [0.1, 0.15) is 12.8 Å². The monoisotopic (exact) mass is 154 g/mol. The fraction of sp³-hybridized carbons (Fsp3) is 0.778. The van der Waals surface area contributed by atoms with E-state index in [-0.39, 0.29) is 0 Å². The van der Waals surface area contributed by atoms with Crippen LogP contribution in [0.3, 0.4) is 0 Å². The zero-order valence-corrected chi connectivity index (χ0v) is 7.43. The molecule has 0 saturated heterocycles. The van der Waals surface area contributed by atoms with Gasteiger partial charge in [-0.15, -0.1) is 0 Å². The van der Waals surface area contributed by atoms with Gasteiger partial charge in [-0.2, -0.15) is 0 Å². The first-order chi connectivity index (χ1) is 5.36. The van der Waals surface area contributed by atoms with E-state index in [0.29, 0.717) is 6.04 Å². The lowest BCUT2D eigenvalue weighted by Gasteiger charge is -2.10. The summed E-state index contributed by atoms with van der Waals surface area (Å²) in [6.45, 7) is 1.13. The van der Waals surface area contributed by atoms with Gasteiger partial charge >= 0.3 is 0 Å². The molecule has 0 aromatic heterocycles. The molecular formula is C9H18N2. The molecule has 2 atom stereocenters. The van der Waals surface area contributed by atoms with Crippen molar-refractivity contribution in [2.45, 2.75) is 18.9 Å². The van der Waals surface area contributed by atoms with Gasteiger partial charge < -0.3 is 10.6 Å². The van der Waals surface area contributed by atoms with Crippen LogP contribution in [-0.4, -0.2) is 26.7 Å². The van der Waals surface area contributed by atoms with Crippen molar-refractivity contribution in [3.8, 4) is 0 Å². The molecule has 0 spiro atoms. The van der Waals surface area contributed by atoms with Crippen molar-refractivity contribution < 1.29 is 0 Å². The Morgan fingerprint density at radius 1 is 1.36 bits per heavy atom. The molecule has 0 aromatic carbocycles. The Morgan fingerprint density at radius 2 is 2.18 bits per heavy atom. The van der Waals surface area contributed by atoms with Crippen LogP contribution in [0.15, 0.2) is 12.2 Å². The number of allylic oxidation sites excluding steroid dienone is 1. The minimum Gasteiger partial charge on any atom is -0.320 e. The largest absolute Gasteiger partial charge is 0.320 e. The highest BCUT2D eigenvalue weighted by atomic mass is 14.9. The minimum absolute atomic E-state index is 0.622. The van der Waals surface area contributed by atoms with Gasteiger partial charge in [-0.25, -0.2) is 0 Å². The van der Waals surface area contributed by atoms with Gasteiger partial charge in [0.15, 0.2) is 0 Å². The predicted octanol–water partition coefficient (Wildman–Crippen LogP) is 0.760. The second kappa shape index (κ2) is 4.52. The molecule has 2 N–H and O–H groups in total. The van der Waals surface area contributed by atoms with Gasteiger partial charge in [0.1, 0.15) is 0 Å². The maximum atomic E-state index is 3.26. The Labute approximate surface area is 69.1 Å². The minimum atomic E-state index is 0.622. The number of rotatable bonds is 4. The van der Waals surface area contributed by atoms with Crippen molar-refractivity contribution in [3.63, 3.8) is 0 Å². The van der Waals surface area contributed by atoms with Gasteiger partial charge in [0, 0.05) is 6.04 Å². The topological polar surface area (TPSA) is 24.1 Å². The smallest absolute Gasteiger partial charge is 0.0252 e. The fourth-order valence-electron chi connectivity index (χ4n) is 1.53. The molecule has 0 radical (unpaired) electrons. The summed E-state index contributed by atoms with van der Waals surface area (Å²) in [5, 5.41) is 6.44. The van der Waals surface area contributed by atoms with Gasteiger partial charge in [0.25, 0.3) is 0 Å². The van der Waals surface area contributed by atoms with E-state index in [9.17, 15) is 0 Å². The first-order valence-electron chi connectivity index (χ1n) is 4.37. The maximum Gasteiger partial charge on any atom is 0.0252 e. The molecule has 11 heavy (non-hydrogen) atoms. The molecule has 0 saturated carbocycles. The van der Waals surface area contributed by atoms with E-state index in [1.54, 1.807) is 0 Å². The molecular weight excluding hydrogens is 136 g/mol. The van der Waals surface area contributed by atoms with E-state index < -0.39 is 0 Å². The van der Waals surface area contributed by atoms with Crippen molar-refractivity contribution in [2.75, 3.05) is 20.6 Å². The normalized spacial score (nSPS) is 29.6. The average Bonchev–Trinajstić information content (AvgIpc) is 2.48. The zero-order chi connectivity index (χ0) is 8.10. The summed E-state index contributed by atoms with van der Waals surface area (Å²) in [7, 11) is 4.03. The SMILES string of the molecule is CNCC[C@@H]1C=C[C@@H](NC)C1. The third-order valence-electron chi connectivity index (χ3n) is 2.31. The van der Waals surface area contributed by atoms with E-state index in [0.717, 1.165) is 12.5 Å². The Morgan fingerprint density at radius 3 is 2.73 bits per heavy atom. The van der Waals surface area contributed by atoms with Crippen molar-refractivity contribution in [1.82, 2.24) is 10.6 Å². The van der Waals surface area contributed by atoms with Crippen LogP contribution in [-0.2, 0) is 0 Å². The second-order valence-electron chi connectivity index (χ2n) is 3.17. The summed E-state index contributed by atoms with van der Waals surface area (Å²) in [5.74, 6) is 0.792. The fourth-order valence-corrected chi connectivity index (χ4v) is 1.53. The van der Waals surface area contributed by atoms with E-state index in [1.807, 2.05) is 14.1 Å². The third kappa shape index (κ3) is 2.64. The summed E-state index contributed by atoms with van der Waals surface area (Å²) in [6, 6.07) is 0.622. The summed E-state index contributed by atoms with van der Waals surface area (Å²) < 4.78 is 0. The molecule has 0 unspecified atom stereocenters. The summed E-state index contributed by atoms with van der Waals surface area (Å²) in [4.78, 5) is 0. The van der Waals surface area contributed by atoms with Gasteiger partial charge in [-0.3, -0.25) is 0 Å². The number of likely N-dealkylation sites (N-methyl/N-ethyl adjacent to an activating group) is 1. The highest BCUT2D eigenvalue weighted by Crippen LogP contribution is 2.19. The lowest BCUT2D eigenvalue weighted by Crippen LogP contribution is -2.22. The quantitative estimate of drug-likeness (QED) is 0.584. The van der Waals surface area contributed by atoms with Gasteiger partial charge in [0.05, 0.1) is 0 Å². The zero-order valence-electron chi connectivity index (χ0n) is 7.43. The van der Waals surface area contributed by atoms with Crippen molar-refractivity contribution in [3.05, 3.63) is 12.2 Å². The van der Waals surface area contributed by atoms with Crippen LogP contribution in [0.2, 0.25) is 0 Å². The van der Waals surface area contributed by atoms with Crippen LogP contribution < -0.4 is 10.6 Å². The van der Waals surface area contributed by atoms with Gasteiger partial charge in [-0.1, -0.05) is 12.2 Å². The van der Waals surface area contributed by atoms with E-state index in [4.69, 9.17) is 0 Å². The third-order valence-corrected chi connectivity index (χ3v) is 2.31. The van der Waals surface area contributed by atoms with Crippen molar-refractivity contribution in [1.29, 1.82) is 0 Å². The van der Waals surface area contributed by atoms with Crippen LogP contribution >= 0.6 is 0 Å². The highest BCUT2D eigenvalue weighted by molar-refractivity contribution is 5.05. The molecule has 1 aliphatic rings. The van der Waals surface area contributed by atoms with Crippen molar-refractivity contribution >= 4 is 0 Å². The van der Waals surface area contributed by atoms with Crippen LogP contribution in [0.4, 0.5) is 0 Å². The summed E-state index contributed by atoms with van der Waals surface area (Å²) in [5.41, 5.74) is 0. The predicted molar refractivity (Wildman–Crippen MR) is 48.6 cm³/mol. The van der Waals surface area contributed by atoms with E-state index in [2.05, 4.69) is 22.8 Å². The molecule has 0 amide bonds. The van der Waals surface area contributed by atoms with E-state index in [1.165, 1.54) is 12.8 Å². The van der Waals surface area contributed by atoms with Crippen LogP contribution in [0.5, 0.6) is 0 Å². The standard InChI is InChI=1S/C9H18N2/c1-10-6-5-8-3-4-9(7-8)11-2/h3-4,8-11H,5-7H2,1-2H3/t8-,9+/m0/s1. The molecule has 0 aromatic rings. The number of hydrogen-bond acceptors (Lipinski definition) is 2. The lowest BCUT2D eigenvalue weighted by atomic mass is 10.0. The molecule has 64 valence electrons. The molecule has 0 bridgehead atoms. The van der Waals surface area contributed by atoms with Gasteiger partial charge in [0.2, 0.25) is 0 Å². The maximum absolute atomic E-state index is 3.26. The Kier molecular flexibility index (Phi) is 3.60. The molecule has 1 aliphatic carbocycles. The average molecular weight is 154 g/mol. The first kappa shape index (κ1) is 8.75. The Bertz CT molecular complexity index is 132. The van der Waals surface area contributed by atoms with Crippen molar-refractivity contribution in [2.24, 2.45) is 5.92 Å². The Hall–Kier alpha value is -0.340. The lowest BCUT2D eigenvalue weighted by molar-refractivity contribution is 0.504. The molecule has 0 heterocycles. The van der Waals surface area contributed by atoms with Crippen LogP contribution in [0.25, 0.3) is 0 Å². The molecule has 2 heteroatoms. The molecule has 1 rings (SSSR count). The van der Waals surface area contributed by atoms with E-state index >= 15 is 0 Å². The Balaban J connectivity index is 2.15. The first-order valence-corrected chi connectivity index (χ1v) is 4.37. The van der Waals surface area contributed by atoms with Gasteiger partial charge in [-0.05, 0) is 39.4 Å². The molecule has 0 fully saturated rings. The summed E-state index contributed by atoms with van der Waals surface area (Å²) in [6.07, 6.45) is 7.15. The molecule has 0 aliphatic heterocycles.